The number of halogens is 2. The van der Waals surface area contributed by atoms with E-state index in [0.29, 0.717) is 13.1 Å². The average molecular weight is 353 g/mol. The van der Waals surface area contributed by atoms with Crippen molar-refractivity contribution in [2.24, 2.45) is 0 Å². The molecule has 1 aromatic carbocycles. The maximum Gasteiger partial charge on any atom is 0.326 e. The summed E-state index contributed by atoms with van der Waals surface area (Å²) in [5, 5.41) is 2.60. The molecular formula is C17H21F2N3O3. The number of ether oxygens (including phenoxy) is 1. The second-order valence-corrected chi connectivity index (χ2v) is 6.85. The van der Waals surface area contributed by atoms with Gasteiger partial charge in [-0.05, 0) is 38.5 Å². The monoisotopic (exact) mass is 353 g/mol. The van der Waals surface area contributed by atoms with Gasteiger partial charge in [-0.1, -0.05) is 6.07 Å². The molecule has 2 heterocycles. The van der Waals surface area contributed by atoms with Crippen LogP contribution in [-0.4, -0.2) is 53.7 Å². The highest BCUT2D eigenvalue weighted by atomic mass is 19.2. The van der Waals surface area contributed by atoms with Crippen molar-refractivity contribution in [2.75, 3.05) is 19.8 Å². The van der Waals surface area contributed by atoms with Gasteiger partial charge in [0.1, 0.15) is 5.54 Å². The lowest BCUT2D eigenvalue weighted by Gasteiger charge is -2.36. The van der Waals surface area contributed by atoms with Crippen molar-refractivity contribution in [3.05, 3.63) is 35.4 Å². The molecule has 3 rings (SSSR count). The number of urea groups is 1. The molecule has 25 heavy (non-hydrogen) atoms. The van der Waals surface area contributed by atoms with E-state index >= 15 is 0 Å². The molecule has 6 nitrogen and oxygen atoms in total. The van der Waals surface area contributed by atoms with Crippen LogP contribution in [0.25, 0.3) is 0 Å². The third-order valence-electron chi connectivity index (χ3n) is 4.61. The molecule has 8 heteroatoms. The third-order valence-corrected chi connectivity index (χ3v) is 4.61. The number of nitrogens with zero attached hydrogens (tertiary/aromatic N) is 2. The highest BCUT2D eigenvalue weighted by Crippen LogP contribution is 2.30. The summed E-state index contributed by atoms with van der Waals surface area (Å²) in [6.07, 6.45) is 0.00388. The van der Waals surface area contributed by atoms with Crippen molar-refractivity contribution < 1.29 is 23.1 Å². The normalized spacial score (nSPS) is 30.7. The molecule has 3 atom stereocenters. The van der Waals surface area contributed by atoms with Crippen LogP contribution in [0.4, 0.5) is 13.6 Å². The summed E-state index contributed by atoms with van der Waals surface area (Å²) in [7, 11) is 0. The van der Waals surface area contributed by atoms with Gasteiger partial charge in [-0.3, -0.25) is 9.69 Å². The Morgan fingerprint density at radius 1 is 1.20 bits per heavy atom. The van der Waals surface area contributed by atoms with E-state index in [2.05, 4.69) is 5.32 Å². The summed E-state index contributed by atoms with van der Waals surface area (Å²) in [5.74, 6) is -2.55. The molecule has 1 N–H and O–H groups in total. The minimum atomic E-state index is -1.42. The fourth-order valence-corrected chi connectivity index (χ4v) is 3.43. The molecule has 0 spiro atoms. The second kappa shape index (κ2) is 6.34. The minimum absolute atomic E-state index is 0.00194. The largest absolute Gasteiger partial charge is 0.373 e. The molecule has 2 aliphatic rings. The summed E-state index contributed by atoms with van der Waals surface area (Å²) >= 11 is 0. The molecule has 0 radical (unpaired) electrons. The van der Waals surface area contributed by atoms with E-state index in [9.17, 15) is 18.4 Å². The zero-order chi connectivity index (χ0) is 18.4. The molecule has 2 fully saturated rings. The first kappa shape index (κ1) is 17.8. The molecule has 0 aromatic heterocycles. The molecule has 136 valence electrons. The van der Waals surface area contributed by atoms with Gasteiger partial charge in [-0.25, -0.2) is 18.5 Å². The van der Waals surface area contributed by atoms with Crippen LogP contribution in [0.3, 0.4) is 0 Å². The van der Waals surface area contributed by atoms with Gasteiger partial charge >= 0.3 is 6.03 Å². The Morgan fingerprint density at radius 2 is 1.84 bits per heavy atom. The van der Waals surface area contributed by atoms with E-state index in [1.807, 2.05) is 18.7 Å². The Hall–Kier alpha value is -2.06. The quantitative estimate of drug-likeness (QED) is 0.842. The molecule has 0 aliphatic carbocycles. The van der Waals surface area contributed by atoms with Crippen LogP contribution in [0.5, 0.6) is 0 Å². The molecule has 2 aliphatic heterocycles. The van der Waals surface area contributed by atoms with E-state index < -0.39 is 29.1 Å². The molecule has 0 unspecified atom stereocenters. The van der Waals surface area contributed by atoms with Crippen LogP contribution in [0.15, 0.2) is 18.2 Å². The predicted octanol–water partition coefficient (Wildman–Crippen LogP) is 1.80. The summed E-state index contributed by atoms with van der Waals surface area (Å²) in [6.45, 7) is 6.68. The van der Waals surface area contributed by atoms with Gasteiger partial charge in [-0.2, -0.15) is 0 Å². The first-order chi connectivity index (χ1) is 11.7. The number of rotatable bonds is 3. The lowest BCUT2D eigenvalue weighted by Crippen LogP contribution is -2.51. The molecule has 3 amide bonds. The number of imide groups is 1. The van der Waals surface area contributed by atoms with E-state index in [-0.39, 0.29) is 24.4 Å². The van der Waals surface area contributed by atoms with E-state index in [0.717, 1.165) is 17.0 Å². The molecule has 1 aromatic rings. The van der Waals surface area contributed by atoms with Crippen LogP contribution in [0, 0.1) is 11.6 Å². The van der Waals surface area contributed by atoms with Gasteiger partial charge in [0.05, 0.1) is 18.9 Å². The number of carbonyl (C=O) groups excluding carboxylic acids is 2. The number of carbonyl (C=O) groups is 2. The Morgan fingerprint density at radius 3 is 2.44 bits per heavy atom. The Kier molecular flexibility index (Phi) is 4.51. The number of benzene rings is 1. The minimum Gasteiger partial charge on any atom is -0.373 e. The molecule has 2 saturated heterocycles. The first-order valence-corrected chi connectivity index (χ1v) is 8.18. The number of hydrogen-bond donors (Lipinski definition) is 1. The van der Waals surface area contributed by atoms with E-state index in [1.165, 1.54) is 13.0 Å². The number of nitrogens with one attached hydrogen (secondary N) is 1. The van der Waals surface area contributed by atoms with Crippen molar-refractivity contribution in [2.45, 2.75) is 38.5 Å². The molecular weight excluding hydrogens is 332 g/mol. The summed E-state index contributed by atoms with van der Waals surface area (Å²) in [5.41, 5.74) is -1.22. The van der Waals surface area contributed by atoms with Gasteiger partial charge in [-0.15, -0.1) is 0 Å². The predicted molar refractivity (Wildman–Crippen MR) is 85.5 cm³/mol. The van der Waals surface area contributed by atoms with Gasteiger partial charge in [0.2, 0.25) is 0 Å². The fraction of sp³-hybridized carbons (Fsp3) is 0.529. The number of hydrogen-bond acceptors (Lipinski definition) is 4. The van der Waals surface area contributed by atoms with Crippen molar-refractivity contribution >= 4 is 11.9 Å². The highest BCUT2D eigenvalue weighted by molar-refractivity contribution is 6.07. The lowest BCUT2D eigenvalue weighted by atomic mass is 9.92. The van der Waals surface area contributed by atoms with Crippen LogP contribution >= 0.6 is 0 Å². The molecule has 0 bridgehead atoms. The van der Waals surface area contributed by atoms with Crippen molar-refractivity contribution in [1.82, 2.24) is 15.1 Å². The standard InChI is InChI=1S/C17H21F2N3O3/c1-10-7-21(8-11(2)25-10)9-22-15(23)17(3,20-16(22)24)12-4-5-13(18)14(19)6-12/h4-6,10-11H,7-9H2,1-3H3,(H,20,24)/t10-,11+,17-/m0/s1. The first-order valence-electron chi connectivity index (χ1n) is 8.18. The highest BCUT2D eigenvalue weighted by Gasteiger charge is 2.49. The van der Waals surface area contributed by atoms with E-state index in [4.69, 9.17) is 4.74 Å². The van der Waals surface area contributed by atoms with Crippen molar-refractivity contribution in [1.29, 1.82) is 0 Å². The summed E-state index contributed by atoms with van der Waals surface area (Å²) < 4.78 is 32.4. The van der Waals surface area contributed by atoms with Crippen LogP contribution in [0.1, 0.15) is 26.3 Å². The van der Waals surface area contributed by atoms with Crippen LogP contribution < -0.4 is 5.32 Å². The Bertz CT molecular complexity index is 704. The van der Waals surface area contributed by atoms with Gasteiger partial charge in [0, 0.05) is 13.1 Å². The smallest absolute Gasteiger partial charge is 0.326 e. The maximum atomic E-state index is 13.5. The number of morpholine rings is 1. The Labute approximate surface area is 144 Å². The SMILES string of the molecule is C[C@@H]1CN(CN2C(=O)N[C@@](C)(c3ccc(F)c(F)c3)C2=O)C[C@H](C)O1. The fourth-order valence-electron chi connectivity index (χ4n) is 3.43. The van der Waals surface area contributed by atoms with Gasteiger partial charge in [0.25, 0.3) is 5.91 Å². The summed E-state index contributed by atoms with van der Waals surface area (Å²) in [6, 6.07) is 2.64. The number of amides is 3. The van der Waals surface area contributed by atoms with Gasteiger partial charge < -0.3 is 10.1 Å². The molecule has 0 saturated carbocycles. The van der Waals surface area contributed by atoms with Crippen LogP contribution in [-0.2, 0) is 15.1 Å². The summed E-state index contributed by atoms with van der Waals surface area (Å²) in [4.78, 5) is 28.2. The zero-order valence-electron chi connectivity index (χ0n) is 14.4. The van der Waals surface area contributed by atoms with Gasteiger partial charge in [0.15, 0.2) is 11.6 Å². The second-order valence-electron chi connectivity index (χ2n) is 6.85. The van der Waals surface area contributed by atoms with Crippen molar-refractivity contribution in [3.63, 3.8) is 0 Å². The van der Waals surface area contributed by atoms with Crippen LogP contribution in [0.2, 0.25) is 0 Å². The van der Waals surface area contributed by atoms with E-state index in [1.54, 1.807) is 0 Å². The van der Waals surface area contributed by atoms with Crippen molar-refractivity contribution in [3.8, 4) is 0 Å². The lowest BCUT2D eigenvalue weighted by molar-refractivity contribution is -0.135. The zero-order valence-corrected chi connectivity index (χ0v) is 14.4. The maximum absolute atomic E-state index is 13.5. The average Bonchev–Trinajstić information content (AvgIpc) is 2.73. The Balaban J connectivity index is 1.80. The third kappa shape index (κ3) is 3.23. The topological polar surface area (TPSA) is 61.9 Å².